The molecule has 0 saturated heterocycles. The van der Waals surface area contributed by atoms with E-state index in [1.165, 1.54) is 41.3 Å². The van der Waals surface area contributed by atoms with E-state index in [1.54, 1.807) is 0 Å². The molecule has 2 aromatic heterocycles. The van der Waals surface area contributed by atoms with Gasteiger partial charge in [-0.1, -0.05) is 30.0 Å². The summed E-state index contributed by atoms with van der Waals surface area (Å²) in [7, 11) is 0. The van der Waals surface area contributed by atoms with Crippen molar-refractivity contribution in [2.75, 3.05) is 0 Å². The largest absolute Gasteiger partial charge is 0.452 e. The minimum Gasteiger partial charge on any atom is -0.452 e. The smallest absolute Gasteiger partial charge is 0.338 e. The Morgan fingerprint density at radius 2 is 2.03 bits per heavy atom. The summed E-state index contributed by atoms with van der Waals surface area (Å²) < 4.78 is 11.4. The molecule has 11 heteroatoms. The van der Waals surface area contributed by atoms with Gasteiger partial charge in [0.25, 0.3) is 11.6 Å². The Balaban J connectivity index is 1.45. The lowest BCUT2D eigenvalue weighted by Gasteiger charge is -2.05. The molecule has 31 heavy (non-hydrogen) atoms. The number of nitro benzene ring substituents is 1. The lowest BCUT2D eigenvalue weighted by molar-refractivity contribution is -0.387. The van der Waals surface area contributed by atoms with Gasteiger partial charge in [-0.3, -0.25) is 10.1 Å². The highest BCUT2D eigenvalue weighted by Crippen LogP contribution is 2.37. The SMILES string of the molecule is Cc1csc(Sc2ccc(C(=O)OCc3nnc(-c4ccccc4)o3)cc2[N+](=O)[O-])n1. The standard InChI is InChI=1S/C20H14N4O5S2/c1-12-11-30-20(21-12)31-16-8-7-14(9-15(16)24(26)27)19(25)28-10-17-22-23-18(29-17)13-5-3-2-4-6-13/h2-9,11H,10H2,1H3. The number of thiazole rings is 1. The van der Waals surface area contributed by atoms with Crippen LogP contribution in [0.2, 0.25) is 0 Å². The second-order valence-electron chi connectivity index (χ2n) is 6.24. The zero-order valence-electron chi connectivity index (χ0n) is 16.0. The summed E-state index contributed by atoms with van der Waals surface area (Å²) in [5.41, 5.74) is 1.43. The molecule has 4 aromatic rings. The second-order valence-corrected chi connectivity index (χ2v) is 8.39. The van der Waals surface area contributed by atoms with Crippen LogP contribution in [-0.4, -0.2) is 26.1 Å². The van der Waals surface area contributed by atoms with Gasteiger partial charge < -0.3 is 9.15 Å². The number of benzene rings is 2. The number of nitrogens with zero attached hydrogens (tertiary/aromatic N) is 4. The van der Waals surface area contributed by atoms with Crippen LogP contribution in [0, 0.1) is 17.0 Å². The van der Waals surface area contributed by atoms with Crippen molar-refractivity contribution >= 4 is 34.8 Å². The van der Waals surface area contributed by atoms with Crippen LogP contribution in [0.5, 0.6) is 0 Å². The molecule has 2 aromatic carbocycles. The van der Waals surface area contributed by atoms with Gasteiger partial charge in [-0.2, -0.15) is 0 Å². The average Bonchev–Trinajstić information content (AvgIpc) is 3.41. The lowest BCUT2D eigenvalue weighted by Crippen LogP contribution is -2.06. The summed E-state index contributed by atoms with van der Waals surface area (Å²) in [6.07, 6.45) is 0. The molecule has 2 heterocycles. The molecule has 0 spiro atoms. The van der Waals surface area contributed by atoms with Gasteiger partial charge in [0, 0.05) is 22.7 Å². The average molecular weight is 454 g/mol. The fourth-order valence-corrected chi connectivity index (χ4v) is 4.45. The van der Waals surface area contributed by atoms with Crippen LogP contribution < -0.4 is 0 Å². The number of carbonyl (C=O) groups excluding carboxylic acids is 1. The number of esters is 1. The number of hydrogen-bond acceptors (Lipinski definition) is 10. The molecule has 0 aliphatic carbocycles. The molecule has 156 valence electrons. The van der Waals surface area contributed by atoms with Crippen LogP contribution in [0.25, 0.3) is 11.5 Å². The summed E-state index contributed by atoms with van der Waals surface area (Å²) in [6, 6.07) is 13.3. The van der Waals surface area contributed by atoms with Crippen LogP contribution >= 0.6 is 23.1 Å². The Morgan fingerprint density at radius 3 is 2.74 bits per heavy atom. The molecule has 0 aliphatic rings. The van der Waals surface area contributed by atoms with E-state index in [-0.39, 0.29) is 23.7 Å². The summed E-state index contributed by atoms with van der Waals surface area (Å²) in [6.45, 7) is 1.60. The number of aromatic nitrogens is 3. The number of ether oxygens (including phenoxy) is 1. The van der Waals surface area contributed by atoms with Crippen molar-refractivity contribution in [2.45, 2.75) is 22.8 Å². The monoisotopic (exact) mass is 454 g/mol. The molecule has 0 atom stereocenters. The van der Waals surface area contributed by atoms with Gasteiger partial charge in [0.05, 0.1) is 15.4 Å². The zero-order chi connectivity index (χ0) is 21.8. The Morgan fingerprint density at radius 1 is 1.23 bits per heavy atom. The van der Waals surface area contributed by atoms with E-state index in [0.717, 1.165) is 11.3 Å². The first-order valence-corrected chi connectivity index (χ1v) is 10.6. The first-order valence-electron chi connectivity index (χ1n) is 8.93. The fourth-order valence-electron chi connectivity index (χ4n) is 2.57. The Kier molecular flexibility index (Phi) is 6.05. The van der Waals surface area contributed by atoms with E-state index < -0.39 is 10.9 Å². The Labute approximate surface area is 184 Å². The molecule has 0 saturated carbocycles. The van der Waals surface area contributed by atoms with Gasteiger partial charge in [-0.05, 0) is 31.2 Å². The molecule has 4 rings (SSSR count). The first-order chi connectivity index (χ1) is 15.0. The van der Waals surface area contributed by atoms with Crippen molar-refractivity contribution < 1.29 is 18.9 Å². The molecule has 0 radical (unpaired) electrons. The summed E-state index contributed by atoms with van der Waals surface area (Å²) >= 11 is 2.57. The fraction of sp³-hybridized carbons (Fsp3) is 0.100. The highest BCUT2D eigenvalue weighted by molar-refractivity contribution is 8.01. The van der Waals surface area contributed by atoms with Gasteiger partial charge in [-0.15, -0.1) is 21.5 Å². The summed E-state index contributed by atoms with van der Waals surface area (Å²) in [4.78, 5) is 28.0. The lowest BCUT2D eigenvalue weighted by atomic mass is 10.2. The quantitative estimate of drug-likeness (QED) is 0.217. The molecule has 0 fully saturated rings. The number of nitro groups is 1. The van der Waals surface area contributed by atoms with Crippen molar-refractivity contribution in [3.05, 3.63) is 81.2 Å². The molecule has 0 bridgehead atoms. The first kappa shape index (κ1) is 20.7. The maximum Gasteiger partial charge on any atom is 0.338 e. The summed E-state index contributed by atoms with van der Waals surface area (Å²) in [5.74, 6) is -0.307. The molecular formula is C20H14N4O5S2. The van der Waals surface area contributed by atoms with E-state index in [1.807, 2.05) is 42.6 Å². The highest BCUT2D eigenvalue weighted by atomic mass is 32.2. The zero-order valence-corrected chi connectivity index (χ0v) is 17.7. The minimum absolute atomic E-state index is 0.0502. The Hall–Kier alpha value is -3.57. The van der Waals surface area contributed by atoms with Crippen LogP contribution in [0.3, 0.4) is 0 Å². The van der Waals surface area contributed by atoms with E-state index in [4.69, 9.17) is 9.15 Å². The number of hydrogen-bond donors (Lipinski definition) is 0. The van der Waals surface area contributed by atoms with Crippen molar-refractivity contribution in [2.24, 2.45) is 0 Å². The van der Waals surface area contributed by atoms with Crippen LogP contribution in [0.4, 0.5) is 5.69 Å². The minimum atomic E-state index is -0.732. The molecule has 0 amide bonds. The van der Waals surface area contributed by atoms with Crippen LogP contribution in [0.1, 0.15) is 21.9 Å². The van der Waals surface area contributed by atoms with Crippen molar-refractivity contribution in [3.8, 4) is 11.5 Å². The van der Waals surface area contributed by atoms with Gasteiger partial charge in [0.1, 0.15) is 0 Å². The third-order valence-corrected chi connectivity index (χ3v) is 6.12. The maximum absolute atomic E-state index is 12.4. The topological polar surface area (TPSA) is 121 Å². The molecule has 0 aliphatic heterocycles. The normalized spacial score (nSPS) is 10.7. The molecular weight excluding hydrogens is 440 g/mol. The van der Waals surface area contributed by atoms with Crippen LogP contribution in [-0.2, 0) is 11.3 Å². The Bertz CT molecular complexity index is 1240. The van der Waals surface area contributed by atoms with Gasteiger partial charge >= 0.3 is 5.97 Å². The second kappa shape index (κ2) is 9.06. The third-order valence-electron chi connectivity index (χ3n) is 4.00. The number of carbonyl (C=O) groups is 1. The predicted molar refractivity (Wildman–Crippen MR) is 113 cm³/mol. The van der Waals surface area contributed by atoms with Gasteiger partial charge in [0.15, 0.2) is 10.9 Å². The highest BCUT2D eigenvalue weighted by Gasteiger charge is 2.21. The van der Waals surface area contributed by atoms with Crippen molar-refractivity contribution in [3.63, 3.8) is 0 Å². The molecule has 9 nitrogen and oxygen atoms in total. The van der Waals surface area contributed by atoms with Gasteiger partial charge in [0.2, 0.25) is 5.89 Å². The van der Waals surface area contributed by atoms with E-state index in [9.17, 15) is 14.9 Å². The number of aryl methyl sites for hydroxylation is 1. The van der Waals surface area contributed by atoms with Gasteiger partial charge in [-0.25, -0.2) is 9.78 Å². The van der Waals surface area contributed by atoms with E-state index >= 15 is 0 Å². The van der Waals surface area contributed by atoms with Crippen molar-refractivity contribution in [1.29, 1.82) is 0 Å². The maximum atomic E-state index is 12.4. The van der Waals surface area contributed by atoms with E-state index in [0.29, 0.717) is 15.1 Å². The summed E-state index contributed by atoms with van der Waals surface area (Å²) in [5, 5.41) is 21.1. The van der Waals surface area contributed by atoms with E-state index in [2.05, 4.69) is 15.2 Å². The predicted octanol–water partition coefficient (Wildman–Crippen LogP) is 4.92. The molecule has 0 N–H and O–H groups in total. The van der Waals surface area contributed by atoms with Crippen molar-refractivity contribution in [1.82, 2.24) is 15.2 Å². The van der Waals surface area contributed by atoms with Crippen LogP contribution in [0.15, 0.2) is 67.6 Å². The number of rotatable bonds is 7. The molecule has 0 unspecified atom stereocenters. The third kappa shape index (κ3) is 4.95.